The highest BCUT2D eigenvalue weighted by atomic mass is 16.4. The Morgan fingerprint density at radius 3 is 2.58 bits per heavy atom. The Balaban J connectivity index is 2.15. The molecule has 0 aromatic heterocycles. The normalized spacial score (nSPS) is 14.7. The van der Waals surface area contributed by atoms with Crippen molar-refractivity contribution >= 4 is 5.97 Å². The van der Waals surface area contributed by atoms with Crippen molar-refractivity contribution in [2.45, 2.75) is 52.1 Å². The van der Waals surface area contributed by atoms with Crippen LogP contribution in [0.5, 0.6) is 0 Å². The molecule has 3 nitrogen and oxygen atoms in total. The van der Waals surface area contributed by atoms with Crippen molar-refractivity contribution in [3.05, 3.63) is 34.9 Å². The standard InChI is InChI=1S/C16H23NO2/c1-16(2,3)17(11-15(18)19)10-12-7-8-13-5-4-6-14(13)9-12/h7-9H,4-6,10-11H2,1-3H3,(H,18,19). The molecule has 1 N–H and O–H groups in total. The topological polar surface area (TPSA) is 40.5 Å². The number of hydrogen-bond donors (Lipinski definition) is 1. The molecule has 1 aliphatic carbocycles. The Kier molecular flexibility index (Phi) is 3.95. The second kappa shape index (κ2) is 5.33. The molecular formula is C16H23NO2. The predicted octanol–water partition coefficient (Wildman–Crippen LogP) is 2.86. The molecule has 0 saturated heterocycles. The number of nitrogens with zero attached hydrogens (tertiary/aromatic N) is 1. The second-order valence-corrected chi connectivity index (χ2v) is 6.38. The van der Waals surface area contributed by atoms with Crippen LogP contribution in [-0.2, 0) is 24.2 Å². The molecule has 0 spiro atoms. The predicted molar refractivity (Wildman–Crippen MR) is 76.3 cm³/mol. The Morgan fingerprint density at radius 1 is 1.26 bits per heavy atom. The lowest BCUT2D eigenvalue weighted by atomic mass is 10.0. The Morgan fingerprint density at radius 2 is 1.95 bits per heavy atom. The number of rotatable bonds is 4. The monoisotopic (exact) mass is 261 g/mol. The third-order valence-corrected chi connectivity index (χ3v) is 3.81. The van der Waals surface area contributed by atoms with E-state index in [1.165, 1.54) is 29.5 Å². The Bertz CT molecular complexity index is 474. The van der Waals surface area contributed by atoms with Crippen molar-refractivity contribution < 1.29 is 9.90 Å². The maximum atomic E-state index is 11.0. The van der Waals surface area contributed by atoms with Crippen molar-refractivity contribution in [2.24, 2.45) is 0 Å². The summed E-state index contributed by atoms with van der Waals surface area (Å²) in [4.78, 5) is 13.0. The summed E-state index contributed by atoms with van der Waals surface area (Å²) in [5.74, 6) is -0.768. The van der Waals surface area contributed by atoms with Gasteiger partial charge in [-0.15, -0.1) is 0 Å². The van der Waals surface area contributed by atoms with Crippen LogP contribution in [0.25, 0.3) is 0 Å². The molecule has 104 valence electrons. The molecule has 0 amide bonds. The van der Waals surface area contributed by atoms with E-state index in [4.69, 9.17) is 5.11 Å². The number of hydrogen-bond acceptors (Lipinski definition) is 2. The molecule has 0 heterocycles. The van der Waals surface area contributed by atoms with E-state index >= 15 is 0 Å². The molecule has 0 fully saturated rings. The first-order valence-electron chi connectivity index (χ1n) is 6.94. The molecule has 0 atom stereocenters. The summed E-state index contributed by atoms with van der Waals surface area (Å²) >= 11 is 0. The Labute approximate surface area is 115 Å². The van der Waals surface area contributed by atoms with E-state index < -0.39 is 5.97 Å². The highest BCUT2D eigenvalue weighted by Crippen LogP contribution is 2.24. The van der Waals surface area contributed by atoms with Crippen molar-refractivity contribution in [2.75, 3.05) is 6.54 Å². The lowest BCUT2D eigenvalue weighted by Gasteiger charge is -2.34. The minimum Gasteiger partial charge on any atom is -0.480 e. The fraction of sp³-hybridized carbons (Fsp3) is 0.562. The first-order valence-corrected chi connectivity index (χ1v) is 6.94. The molecule has 19 heavy (non-hydrogen) atoms. The van der Waals surface area contributed by atoms with Gasteiger partial charge in [-0.2, -0.15) is 0 Å². The highest BCUT2D eigenvalue weighted by Gasteiger charge is 2.24. The number of benzene rings is 1. The van der Waals surface area contributed by atoms with Gasteiger partial charge in [0.15, 0.2) is 0 Å². The van der Waals surface area contributed by atoms with E-state index in [1.807, 2.05) is 4.90 Å². The fourth-order valence-electron chi connectivity index (χ4n) is 2.64. The van der Waals surface area contributed by atoms with Gasteiger partial charge in [-0.05, 0) is 56.7 Å². The average molecular weight is 261 g/mol. The first kappa shape index (κ1) is 14.1. The zero-order chi connectivity index (χ0) is 14.0. The molecule has 0 saturated carbocycles. The maximum Gasteiger partial charge on any atom is 0.317 e. The summed E-state index contributed by atoms with van der Waals surface area (Å²) in [6, 6.07) is 6.60. The van der Waals surface area contributed by atoms with Gasteiger partial charge >= 0.3 is 5.97 Å². The van der Waals surface area contributed by atoms with Gasteiger partial charge in [-0.1, -0.05) is 18.2 Å². The van der Waals surface area contributed by atoms with Crippen LogP contribution in [0.1, 0.15) is 43.9 Å². The van der Waals surface area contributed by atoms with Crippen LogP contribution < -0.4 is 0 Å². The van der Waals surface area contributed by atoms with Crippen LogP contribution in [0.2, 0.25) is 0 Å². The van der Waals surface area contributed by atoms with E-state index in [1.54, 1.807) is 0 Å². The summed E-state index contributed by atoms with van der Waals surface area (Å²) in [6.07, 6.45) is 3.60. The number of carbonyl (C=O) groups is 1. The van der Waals surface area contributed by atoms with Gasteiger partial charge < -0.3 is 5.11 Å². The number of aryl methyl sites for hydroxylation is 2. The molecule has 0 unspecified atom stereocenters. The van der Waals surface area contributed by atoms with Gasteiger partial charge in [-0.25, -0.2) is 0 Å². The van der Waals surface area contributed by atoms with Crippen LogP contribution in [0.15, 0.2) is 18.2 Å². The van der Waals surface area contributed by atoms with Crippen LogP contribution in [0, 0.1) is 0 Å². The van der Waals surface area contributed by atoms with Gasteiger partial charge in [-0.3, -0.25) is 9.69 Å². The van der Waals surface area contributed by atoms with Crippen LogP contribution in [-0.4, -0.2) is 28.1 Å². The largest absolute Gasteiger partial charge is 0.480 e. The minimum absolute atomic E-state index is 0.0839. The lowest BCUT2D eigenvalue weighted by molar-refractivity contribution is -0.139. The van der Waals surface area contributed by atoms with Crippen molar-refractivity contribution in [1.82, 2.24) is 4.90 Å². The van der Waals surface area contributed by atoms with E-state index in [0.29, 0.717) is 6.54 Å². The lowest BCUT2D eigenvalue weighted by Crippen LogP contribution is -2.43. The fourth-order valence-corrected chi connectivity index (χ4v) is 2.64. The third kappa shape index (κ3) is 3.57. The number of aliphatic carboxylic acids is 1. The zero-order valence-electron chi connectivity index (χ0n) is 12.1. The number of carboxylic acids is 1. The van der Waals surface area contributed by atoms with Crippen LogP contribution in [0.4, 0.5) is 0 Å². The van der Waals surface area contributed by atoms with Crippen molar-refractivity contribution in [3.63, 3.8) is 0 Å². The average Bonchev–Trinajstić information content (AvgIpc) is 2.73. The maximum absolute atomic E-state index is 11.0. The van der Waals surface area contributed by atoms with Gasteiger partial charge in [0.1, 0.15) is 0 Å². The summed E-state index contributed by atoms with van der Waals surface area (Å²) in [5, 5.41) is 9.04. The van der Waals surface area contributed by atoms with E-state index in [9.17, 15) is 4.79 Å². The van der Waals surface area contributed by atoms with Crippen LogP contribution in [0.3, 0.4) is 0 Å². The summed E-state index contributed by atoms with van der Waals surface area (Å²) in [7, 11) is 0. The molecule has 3 heteroatoms. The van der Waals surface area contributed by atoms with Gasteiger partial charge in [0.05, 0.1) is 6.54 Å². The molecule has 1 aliphatic rings. The van der Waals surface area contributed by atoms with Crippen molar-refractivity contribution in [1.29, 1.82) is 0 Å². The third-order valence-electron chi connectivity index (χ3n) is 3.81. The molecule has 2 rings (SSSR count). The van der Waals surface area contributed by atoms with Gasteiger partial charge in [0.2, 0.25) is 0 Å². The first-order chi connectivity index (χ1) is 8.86. The zero-order valence-corrected chi connectivity index (χ0v) is 12.1. The molecular weight excluding hydrogens is 238 g/mol. The van der Waals surface area contributed by atoms with E-state index in [0.717, 1.165) is 6.42 Å². The smallest absolute Gasteiger partial charge is 0.317 e. The Hall–Kier alpha value is -1.35. The SMILES string of the molecule is CC(C)(C)N(CC(=O)O)Cc1ccc2c(c1)CCC2. The molecule has 0 aliphatic heterocycles. The van der Waals surface area contributed by atoms with E-state index in [-0.39, 0.29) is 12.1 Å². The highest BCUT2D eigenvalue weighted by molar-refractivity contribution is 5.69. The molecule has 0 bridgehead atoms. The van der Waals surface area contributed by atoms with Gasteiger partial charge in [0.25, 0.3) is 0 Å². The summed E-state index contributed by atoms with van der Waals surface area (Å²) in [5.41, 5.74) is 3.99. The number of fused-ring (bicyclic) bond motifs is 1. The van der Waals surface area contributed by atoms with Crippen LogP contribution >= 0.6 is 0 Å². The summed E-state index contributed by atoms with van der Waals surface area (Å²) in [6.45, 7) is 6.96. The summed E-state index contributed by atoms with van der Waals surface area (Å²) < 4.78 is 0. The minimum atomic E-state index is -0.768. The van der Waals surface area contributed by atoms with Crippen molar-refractivity contribution in [3.8, 4) is 0 Å². The molecule has 1 aromatic rings. The molecule has 0 radical (unpaired) electrons. The van der Waals surface area contributed by atoms with E-state index in [2.05, 4.69) is 39.0 Å². The number of carboxylic acid groups (broad SMARTS) is 1. The molecule has 1 aromatic carbocycles. The quantitative estimate of drug-likeness (QED) is 0.906. The van der Waals surface area contributed by atoms with Gasteiger partial charge in [0, 0.05) is 12.1 Å². The second-order valence-electron chi connectivity index (χ2n) is 6.38.